The normalized spacial score (nSPS) is 16.2. The van der Waals surface area contributed by atoms with E-state index in [4.69, 9.17) is 16.9 Å². The topological polar surface area (TPSA) is 85.2 Å². The number of nitriles is 1. The summed E-state index contributed by atoms with van der Waals surface area (Å²) in [4.78, 5) is 26.8. The molecule has 1 fully saturated rings. The SMILES string of the molecule is CC(C(=O)Nc1ccc(C#N)c(Cl)c1)N1CCC(NC(=O)c2ccsc2)CC1. The summed E-state index contributed by atoms with van der Waals surface area (Å²) in [5, 5.41) is 18.9. The summed E-state index contributed by atoms with van der Waals surface area (Å²) in [5.41, 5.74) is 1.64. The van der Waals surface area contributed by atoms with E-state index in [1.165, 1.54) is 11.3 Å². The van der Waals surface area contributed by atoms with E-state index in [2.05, 4.69) is 15.5 Å². The van der Waals surface area contributed by atoms with Crippen LogP contribution in [-0.2, 0) is 4.79 Å². The van der Waals surface area contributed by atoms with Crippen LogP contribution in [0, 0.1) is 11.3 Å². The van der Waals surface area contributed by atoms with Crippen LogP contribution in [0.1, 0.15) is 35.7 Å². The Morgan fingerprint density at radius 3 is 2.68 bits per heavy atom. The van der Waals surface area contributed by atoms with Crippen molar-refractivity contribution >= 4 is 40.4 Å². The molecule has 1 atom stereocenters. The molecule has 2 heterocycles. The first-order chi connectivity index (χ1) is 13.5. The first kappa shape index (κ1) is 20.3. The fourth-order valence-electron chi connectivity index (χ4n) is 3.19. The number of halogens is 1. The van der Waals surface area contributed by atoms with Gasteiger partial charge < -0.3 is 10.6 Å². The van der Waals surface area contributed by atoms with E-state index in [-0.39, 0.29) is 23.9 Å². The number of hydrogen-bond donors (Lipinski definition) is 2. The van der Waals surface area contributed by atoms with Crippen LogP contribution in [0.25, 0.3) is 0 Å². The van der Waals surface area contributed by atoms with Crippen molar-refractivity contribution in [1.82, 2.24) is 10.2 Å². The van der Waals surface area contributed by atoms with E-state index in [9.17, 15) is 9.59 Å². The Morgan fingerprint density at radius 2 is 2.07 bits per heavy atom. The van der Waals surface area contributed by atoms with Crippen LogP contribution in [0.4, 0.5) is 5.69 Å². The molecule has 1 unspecified atom stereocenters. The summed E-state index contributed by atoms with van der Waals surface area (Å²) in [6.07, 6.45) is 1.60. The van der Waals surface area contributed by atoms with Gasteiger partial charge in [0, 0.05) is 35.8 Å². The maximum absolute atomic E-state index is 12.6. The molecule has 1 aliphatic heterocycles. The van der Waals surface area contributed by atoms with Crippen LogP contribution in [-0.4, -0.2) is 41.9 Å². The quantitative estimate of drug-likeness (QED) is 0.781. The minimum atomic E-state index is -0.303. The first-order valence-electron chi connectivity index (χ1n) is 9.05. The highest BCUT2D eigenvalue weighted by molar-refractivity contribution is 7.08. The monoisotopic (exact) mass is 416 g/mol. The molecule has 28 heavy (non-hydrogen) atoms. The highest BCUT2D eigenvalue weighted by Gasteiger charge is 2.27. The van der Waals surface area contributed by atoms with Crippen molar-refractivity contribution in [3.63, 3.8) is 0 Å². The van der Waals surface area contributed by atoms with Gasteiger partial charge in [0.25, 0.3) is 5.91 Å². The molecule has 146 valence electrons. The van der Waals surface area contributed by atoms with Gasteiger partial charge in [-0.2, -0.15) is 16.6 Å². The number of carbonyl (C=O) groups is 2. The molecule has 1 aliphatic rings. The average molecular weight is 417 g/mol. The smallest absolute Gasteiger partial charge is 0.252 e. The molecule has 0 aliphatic carbocycles. The van der Waals surface area contributed by atoms with Gasteiger partial charge in [-0.05, 0) is 49.4 Å². The van der Waals surface area contributed by atoms with Crippen molar-refractivity contribution in [3.05, 3.63) is 51.2 Å². The number of rotatable bonds is 5. The second kappa shape index (κ2) is 9.20. The number of amides is 2. The van der Waals surface area contributed by atoms with Crippen molar-refractivity contribution in [2.24, 2.45) is 0 Å². The fraction of sp³-hybridized carbons (Fsp3) is 0.350. The van der Waals surface area contributed by atoms with Crippen LogP contribution in [0.15, 0.2) is 35.0 Å². The zero-order valence-corrected chi connectivity index (χ0v) is 17.0. The van der Waals surface area contributed by atoms with Gasteiger partial charge in [-0.1, -0.05) is 11.6 Å². The van der Waals surface area contributed by atoms with Gasteiger partial charge in [-0.25, -0.2) is 0 Å². The molecule has 3 rings (SSSR count). The van der Waals surface area contributed by atoms with Crippen molar-refractivity contribution in [2.45, 2.75) is 31.8 Å². The molecule has 0 bridgehead atoms. The molecule has 0 radical (unpaired) electrons. The maximum Gasteiger partial charge on any atom is 0.252 e. The largest absolute Gasteiger partial charge is 0.349 e. The number of hydrogen-bond acceptors (Lipinski definition) is 5. The van der Waals surface area contributed by atoms with E-state index in [1.807, 2.05) is 29.8 Å². The van der Waals surface area contributed by atoms with Crippen molar-refractivity contribution in [1.29, 1.82) is 5.26 Å². The van der Waals surface area contributed by atoms with E-state index >= 15 is 0 Å². The number of thiophene rings is 1. The van der Waals surface area contributed by atoms with Crippen molar-refractivity contribution in [2.75, 3.05) is 18.4 Å². The lowest BCUT2D eigenvalue weighted by Gasteiger charge is -2.35. The number of likely N-dealkylation sites (tertiary alicyclic amines) is 1. The first-order valence-corrected chi connectivity index (χ1v) is 10.4. The Balaban J connectivity index is 1.49. The van der Waals surface area contributed by atoms with E-state index in [0.29, 0.717) is 21.8 Å². The Labute approximate surface area is 173 Å². The molecule has 2 amide bonds. The minimum absolute atomic E-state index is 0.0387. The molecule has 1 aromatic heterocycles. The van der Waals surface area contributed by atoms with E-state index in [0.717, 1.165) is 25.9 Å². The van der Waals surface area contributed by atoms with E-state index < -0.39 is 0 Å². The third-order valence-corrected chi connectivity index (χ3v) is 5.93. The molecule has 6 nitrogen and oxygen atoms in total. The lowest BCUT2D eigenvalue weighted by molar-refractivity contribution is -0.121. The highest BCUT2D eigenvalue weighted by Crippen LogP contribution is 2.21. The standard InChI is InChI=1S/C20H21ClN4O2S/c1-13(19(26)24-17-3-2-14(11-22)18(21)10-17)25-7-4-16(5-8-25)23-20(27)15-6-9-28-12-15/h2-3,6,9-10,12-13,16H,4-5,7-8H2,1H3,(H,23,27)(H,24,26). The molecule has 0 spiro atoms. The molecule has 2 aromatic rings. The zero-order valence-electron chi connectivity index (χ0n) is 15.4. The average Bonchev–Trinajstić information content (AvgIpc) is 3.23. The van der Waals surface area contributed by atoms with Gasteiger partial charge in [0.05, 0.1) is 16.6 Å². The summed E-state index contributed by atoms with van der Waals surface area (Å²) in [5.74, 6) is -0.162. The Bertz CT molecular complexity index is 886. The van der Waals surface area contributed by atoms with Gasteiger partial charge in [0.15, 0.2) is 0 Å². The third-order valence-electron chi connectivity index (χ3n) is 4.93. The Kier molecular flexibility index (Phi) is 6.68. The number of anilines is 1. The predicted molar refractivity (Wildman–Crippen MR) is 111 cm³/mol. The molecule has 1 aromatic carbocycles. The number of benzene rings is 1. The molecular formula is C20H21ClN4O2S. The minimum Gasteiger partial charge on any atom is -0.349 e. The summed E-state index contributed by atoms with van der Waals surface area (Å²) in [6.45, 7) is 3.33. The fourth-order valence-corrected chi connectivity index (χ4v) is 4.05. The lowest BCUT2D eigenvalue weighted by atomic mass is 10.0. The van der Waals surface area contributed by atoms with E-state index in [1.54, 1.807) is 18.2 Å². The molecule has 8 heteroatoms. The van der Waals surface area contributed by atoms with Crippen LogP contribution in [0.5, 0.6) is 0 Å². The number of piperidine rings is 1. The van der Waals surface area contributed by atoms with Crippen molar-refractivity contribution < 1.29 is 9.59 Å². The summed E-state index contributed by atoms with van der Waals surface area (Å²) < 4.78 is 0. The highest BCUT2D eigenvalue weighted by atomic mass is 35.5. The summed E-state index contributed by atoms with van der Waals surface area (Å²) >= 11 is 7.52. The van der Waals surface area contributed by atoms with Crippen LogP contribution < -0.4 is 10.6 Å². The second-order valence-electron chi connectivity index (χ2n) is 6.77. The Hall–Kier alpha value is -2.40. The van der Waals surface area contributed by atoms with Gasteiger partial charge in [-0.3, -0.25) is 14.5 Å². The third kappa shape index (κ3) is 4.90. The molecule has 0 saturated carbocycles. The lowest BCUT2D eigenvalue weighted by Crippen LogP contribution is -2.50. The van der Waals surface area contributed by atoms with Gasteiger partial charge >= 0.3 is 0 Å². The van der Waals surface area contributed by atoms with Crippen molar-refractivity contribution in [3.8, 4) is 6.07 Å². The zero-order chi connectivity index (χ0) is 20.1. The van der Waals surface area contributed by atoms with Gasteiger partial charge in [-0.15, -0.1) is 0 Å². The molecule has 2 N–H and O–H groups in total. The predicted octanol–water partition coefficient (Wildman–Crippen LogP) is 3.49. The molecular weight excluding hydrogens is 396 g/mol. The summed E-state index contributed by atoms with van der Waals surface area (Å²) in [6, 6.07) is 8.47. The Morgan fingerprint density at radius 1 is 1.32 bits per heavy atom. The maximum atomic E-state index is 12.6. The van der Waals surface area contributed by atoms with Crippen LogP contribution in [0.3, 0.4) is 0 Å². The number of nitrogens with zero attached hydrogens (tertiary/aromatic N) is 2. The van der Waals surface area contributed by atoms with Crippen LogP contribution >= 0.6 is 22.9 Å². The second-order valence-corrected chi connectivity index (χ2v) is 7.95. The van der Waals surface area contributed by atoms with Crippen LogP contribution in [0.2, 0.25) is 5.02 Å². The summed E-state index contributed by atoms with van der Waals surface area (Å²) in [7, 11) is 0. The van der Waals surface area contributed by atoms with Gasteiger partial charge in [0.1, 0.15) is 6.07 Å². The van der Waals surface area contributed by atoms with Gasteiger partial charge in [0.2, 0.25) is 5.91 Å². The molecule has 1 saturated heterocycles. The number of nitrogens with one attached hydrogen (secondary N) is 2. The number of carbonyl (C=O) groups excluding carboxylic acids is 2.